The zero-order chi connectivity index (χ0) is 12.1. The lowest BCUT2D eigenvalue weighted by Gasteiger charge is -2.18. The Hall–Kier alpha value is -1.82. The molecule has 0 bridgehead atoms. The van der Waals surface area contributed by atoms with Gasteiger partial charge in [-0.25, -0.2) is 0 Å². The zero-order valence-corrected chi connectivity index (χ0v) is 10.3. The lowest BCUT2D eigenvalue weighted by atomic mass is 9.86. The molecule has 2 rings (SSSR count). The van der Waals surface area contributed by atoms with Gasteiger partial charge in [-0.1, -0.05) is 74.2 Å². The van der Waals surface area contributed by atoms with E-state index in [1.165, 1.54) is 16.7 Å². The van der Waals surface area contributed by atoms with Gasteiger partial charge in [0.25, 0.3) is 0 Å². The van der Waals surface area contributed by atoms with Crippen molar-refractivity contribution < 1.29 is 0 Å². The van der Waals surface area contributed by atoms with Gasteiger partial charge in [-0.2, -0.15) is 0 Å². The second-order valence-corrected chi connectivity index (χ2v) is 4.20. The van der Waals surface area contributed by atoms with E-state index in [-0.39, 0.29) is 0 Å². The average molecular weight is 222 g/mol. The van der Waals surface area contributed by atoms with Gasteiger partial charge in [-0.05, 0) is 23.1 Å². The van der Waals surface area contributed by atoms with Crippen LogP contribution in [0.4, 0.5) is 0 Å². The summed E-state index contributed by atoms with van der Waals surface area (Å²) in [7, 11) is 0. The quantitative estimate of drug-likeness (QED) is 0.692. The van der Waals surface area contributed by atoms with E-state index in [0.29, 0.717) is 5.92 Å². The number of hydrogen-bond donors (Lipinski definition) is 0. The molecular weight excluding hydrogens is 204 g/mol. The Bertz CT molecular complexity index is 482. The topological polar surface area (TPSA) is 0 Å². The zero-order valence-electron chi connectivity index (χ0n) is 10.3. The van der Waals surface area contributed by atoms with Crippen LogP contribution in [-0.4, -0.2) is 0 Å². The molecule has 0 aliphatic heterocycles. The van der Waals surface area contributed by atoms with Crippen LogP contribution in [0.5, 0.6) is 0 Å². The first-order chi connectivity index (χ1) is 8.36. The summed E-state index contributed by atoms with van der Waals surface area (Å²) >= 11 is 0. The third kappa shape index (κ3) is 2.47. The van der Waals surface area contributed by atoms with Crippen molar-refractivity contribution in [3.8, 4) is 0 Å². The molecule has 0 amide bonds. The van der Waals surface area contributed by atoms with E-state index in [1.807, 2.05) is 6.08 Å². The van der Waals surface area contributed by atoms with Crippen LogP contribution in [0.25, 0.3) is 6.08 Å². The Morgan fingerprint density at radius 3 is 2.29 bits per heavy atom. The molecule has 0 aliphatic carbocycles. The maximum atomic E-state index is 3.90. The SMILES string of the molecule is C=Cc1ccccc1C(CC)c1ccccc1. The first kappa shape index (κ1) is 11.7. The molecule has 2 aromatic rings. The van der Waals surface area contributed by atoms with Crippen molar-refractivity contribution in [2.45, 2.75) is 19.3 Å². The summed E-state index contributed by atoms with van der Waals surface area (Å²) in [5.41, 5.74) is 3.99. The van der Waals surface area contributed by atoms with Gasteiger partial charge in [-0.3, -0.25) is 0 Å². The van der Waals surface area contributed by atoms with E-state index in [1.54, 1.807) is 0 Å². The van der Waals surface area contributed by atoms with E-state index >= 15 is 0 Å². The fourth-order valence-electron chi connectivity index (χ4n) is 2.33. The van der Waals surface area contributed by atoms with Crippen molar-refractivity contribution in [1.82, 2.24) is 0 Å². The highest BCUT2D eigenvalue weighted by Crippen LogP contribution is 2.30. The molecule has 0 heterocycles. The molecule has 0 aromatic heterocycles. The molecule has 1 unspecified atom stereocenters. The molecule has 0 radical (unpaired) electrons. The van der Waals surface area contributed by atoms with Crippen LogP contribution >= 0.6 is 0 Å². The third-order valence-corrected chi connectivity index (χ3v) is 3.20. The predicted octanol–water partition coefficient (Wildman–Crippen LogP) is 4.87. The van der Waals surface area contributed by atoms with Crippen LogP contribution in [0.3, 0.4) is 0 Å². The molecule has 0 aliphatic rings. The molecule has 0 saturated heterocycles. The minimum atomic E-state index is 0.463. The van der Waals surface area contributed by atoms with Crippen LogP contribution in [0.1, 0.15) is 36.0 Å². The summed E-state index contributed by atoms with van der Waals surface area (Å²) in [6.45, 7) is 6.14. The molecule has 0 spiro atoms. The van der Waals surface area contributed by atoms with Crippen molar-refractivity contribution in [3.05, 3.63) is 77.9 Å². The highest BCUT2D eigenvalue weighted by molar-refractivity contribution is 5.54. The first-order valence-electron chi connectivity index (χ1n) is 6.13. The summed E-state index contributed by atoms with van der Waals surface area (Å²) in [6, 6.07) is 19.2. The molecule has 17 heavy (non-hydrogen) atoms. The number of rotatable bonds is 4. The fraction of sp³-hybridized carbons (Fsp3) is 0.176. The largest absolute Gasteiger partial charge is 0.0985 e. The van der Waals surface area contributed by atoms with Gasteiger partial charge >= 0.3 is 0 Å². The van der Waals surface area contributed by atoms with E-state index in [4.69, 9.17) is 0 Å². The van der Waals surface area contributed by atoms with Crippen molar-refractivity contribution in [1.29, 1.82) is 0 Å². The van der Waals surface area contributed by atoms with E-state index in [2.05, 4.69) is 68.1 Å². The van der Waals surface area contributed by atoms with E-state index in [9.17, 15) is 0 Å². The van der Waals surface area contributed by atoms with Gasteiger partial charge in [0.2, 0.25) is 0 Å². The summed E-state index contributed by atoms with van der Waals surface area (Å²) in [5, 5.41) is 0. The third-order valence-electron chi connectivity index (χ3n) is 3.20. The second kappa shape index (κ2) is 5.49. The first-order valence-corrected chi connectivity index (χ1v) is 6.13. The van der Waals surface area contributed by atoms with Gasteiger partial charge in [0.1, 0.15) is 0 Å². The summed E-state index contributed by atoms with van der Waals surface area (Å²) in [6.07, 6.45) is 3.05. The molecule has 2 aromatic carbocycles. The van der Waals surface area contributed by atoms with Gasteiger partial charge in [-0.15, -0.1) is 0 Å². The molecular formula is C17H18. The lowest BCUT2D eigenvalue weighted by Crippen LogP contribution is -2.01. The number of hydrogen-bond acceptors (Lipinski definition) is 0. The standard InChI is InChI=1S/C17H18/c1-3-14-10-8-9-13-17(14)16(4-2)15-11-6-5-7-12-15/h3,5-13,16H,1,4H2,2H3. The van der Waals surface area contributed by atoms with Crippen molar-refractivity contribution >= 4 is 6.08 Å². The summed E-state index contributed by atoms with van der Waals surface area (Å²) < 4.78 is 0. The number of benzene rings is 2. The Labute approximate surface area is 104 Å². The highest BCUT2D eigenvalue weighted by Gasteiger charge is 2.13. The van der Waals surface area contributed by atoms with Crippen LogP contribution in [0, 0.1) is 0 Å². The Balaban J connectivity index is 2.46. The summed E-state index contributed by atoms with van der Waals surface area (Å²) in [4.78, 5) is 0. The molecule has 86 valence electrons. The van der Waals surface area contributed by atoms with Gasteiger partial charge < -0.3 is 0 Å². The van der Waals surface area contributed by atoms with Crippen molar-refractivity contribution in [2.75, 3.05) is 0 Å². The maximum absolute atomic E-state index is 3.90. The average Bonchev–Trinajstić information content (AvgIpc) is 2.41. The highest BCUT2D eigenvalue weighted by atomic mass is 14.2. The van der Waals surface area contributed by atoms with Crippen LogP contribution < -0.4 is 0 Å². The van der Waals surface area contributed by atoms with E-state index in [0.717, 1.165) is 6.42 Å². The second-order valence-electron chi connectivity index (χ2n) is 4.20. The van der Waals surface area contributed by atoms with Crippen molar-refractivity contribution in [3.63, 3.8) is 0 Å². The molecule has 0 heteroatoms. The minimum Gasteiger partial charge on any atom is -0.0985 e. The monoisotopic (exact) mass is 222 g/mol. The minimum absolute atomic E-state index is 0.463. The van der Waals surface area contributed by atoms with Crippen LogP contribution in [0.2, 0.25) is 0 Å². The van der Waals surface area contributed by atoms with Gasteiger partial charge in [0.15, 0.2) is 0 Å². The van der Waals surface area contributed by atoms with Crippen molar-refractivity contribution in [2.24, 2.45) is 0 Å². The maximum Gasteiger partial charge on any atom is 0.00926 e. The Kier molecular flexibility index (Phi) is 3.77. The van der Waals surface area contributed by atoms with Gasteiger partial charge in [0, 0.05) is 5.92 Å². The van der Waals surface area contributed by atoms with Crippen LogP contribution in [-0.2, 0) is 0 Å². The summed E-state index contributed by atoms with van der Waals surface area (Å²) in [5.74, 6) is 0.463. The Morgan fingerprint density at radius 2 is 1.65 bits per heavy atom. The van der Waals surface area contributed by atoms with E-state index < -0.39 is 0 Å². The molecule has 0 N–H and O–H groups in total. The Morgan fingerprint density at radius 1 is 1.00 bits per heavy atom. The fourth-order valence-corrected chi connectivity index (χ4v) is 2.33. The van der Waals surface area contributed by atoms with Gasteiger partial charge in [0.05, 0.1) is 0 Å². The molecule has 1 atom stereocenters. The molecule has 0 fully saturated rings. The smallest absolute Gasteiger partial charge is 0.00926 e. The molecule has 0 saturated carbocycles. The van der Waals surface area contributed by atoms with Crippen LogP contribution in [0.15, 0.2) is 61.2 Å². The molecule has 0 nitrogen and oxygen atoms in total. The normalized spacial score (nSPS) is 12.1. The predicted molar refractivity (Wildman–Crippen MR) is 75.1 cm³/mol. The lowest BCUT2D eigenvalue weighted by molar-refractivity contribution is 0.776.